The zero-order valence-electron chi connectivity index (χ0n) is 16.1. The van der Waals surface area contributed by atoms with Crippen molar-refractivity contribution in [3.8, 4) is 5.75 Å². The van der Waals surface area contributed by atoms with Gasteiger partial charge in [0.1, 0.15) is 11.8 Å². The first kappa shape index (κ1) is 22.7. The summed E-state index contributed by atoms with van der Waals surface area (Å²) in [5.74, 6) is -0.966. The SMILES string of the molecule is COc1ccc(S(=O)(=O)N[C@@H](C)C(=O)OCC(=O)Nc2cccc(Cl)c2C)cc1. The average molecular weight is 441 g/mol. The third-order valence-corrected chi connectivity index (χ3v) is 5.91. The van der Waals surface area contributed by atoms with Crippen LogP contribution in [-0.4, -0.2) is 40.1 Å². The van der Waals surface area contributed by atoms with E-state index >= 15 is 0 Å². The van der Waals surface area contributed by atoms with Crippen LogP contribution in [0.4, 0.5) is 5.69 Å². The number of sulfonamides is 1. The maximum Gasteiger partial charge on any atom is 0.324 e. The van der Waals surface area contributed by atoms with Gasteiger partial charge in [-0.2, -0.15) is 4.72 Å². The molecule has 10 heteroatoms. The van der Waals surface area contributed by atoms with Crippen LogP contribution in [0.5, 0.6) is 5.75 Å². The first-order valence-electron chi connectivity index (χ1n) is 8.52. The molecule has 0 fully saturated rings. The van der Waals surface area contributed by atoms with Crippen LogP contribution in [0.2, 0.25) is 5.02 Å². The first-order valence-corrected chi connectivity index (χ1v) is 10.4. The molecule has 2 aromatic carbocycles. The molecule has 2 N–H and O–H groups in total. The zero-order chi connectivity index (χ0) is 21.6. The molecule has 8 nitrogen and oxygen atoms in total. The van der Waals surface area contributed by atoms with E-state index in [1.165, 1.54) is 38.3 Å². The van der Waals surface area contributed by atoms with Crippen LogP contribution in [0, 0.1) is 6.92 Å². The fraction of sp³-hybridized carbons (Fsp3) is 0.263. The van der Waals surface area contributed by atoms with Crippen molar-refractivity contribution in [1.29, 1.82) is 0 Å². The number of hydrogen-bond donors (Lipinski definition) is 2. The van der Waals surface area contributed by atoms with Gasteiger partial charge in [-0.25, -0.2) is 8.42 Å². The van der Waals surface area contributed by atoms with Crippen molar-refractivity contribution in [3.63, 3.8) is 0 Å². The Morgan fingerprint density at radius 2 is 1.79 bits per heavy atom. The molecule has 0 bridgehead atoms. The van der Waals surface area contributed by atoms with Gasteiger partial charge in [0, 0.05) is 10.7 Å². The van der Waals surface area contributed by atoms with Crippen molar-refractivity contribution in [3.05, 3.63) is 53.1 Å². The predicted molar refractivity (Wildman–Crippen MR) is 109 cm³/mol. The van der Waals surface area contributed by atoms with Gasteiger partial charge in [-0.3, -0.25) is 9.59 Å². The molecule has 0 saturated heterocycles. The molecule has 2 rings (SSSR count). The summed E-state index contributed by atoms with van der Waals surface area (Å²) in [5.41, 5.74) is 1.17. The fourth-order valence-electron chi connectivity index (χ4n) is 2.29. The normalized spacial score (nSPS) is 12.1. The Morgan fingerprint density at radius 1 is 1.14 bits per heavy atom. The van der Waals surface area contributed by atoms with Crippen molar-refractivity contribution in [2.45, 2.75) is 24.8 Å². The molecule has 0 heterocycles. The molecular formula is C19H21ClN2O6S. The number of benzene rings is 2. The molecule has 1 atom stereocenters. The highest BCUT2D eigenvalue weighted by atomic mass is 35.5. The summed E-state index contributed by atoms with van der Waals surface area (Å²) in [5, 5.41) is 3.07. The Bertz CT molecular complexity index is 992. The Hall–Kier alpha value is -2.62. The van der Waals surface area contributed by atoms with Gasteiger partial charge >= 0.3 is 5.97 Å². The molecule has 2 aromatic rings. The summed E-state index contributed by atoms with van der Waals surface area (Å²) in [4.78, 5) is 24.0. The summed E-state index contributed by atoms with van der Waals surface area (Å²) in [6, 6.07) is 9.49. The van der Waals surface area contributed by atoms with Crippen LogP contribution < -0.4 is 14.8 Å². The third kappa shape index (κ3) is 6.18. The van der Waals surface area contributed by atoms with E-state index in [0.717, 1.165) is 0 Å². The van der Waals surface area contributed by atoms with Gasteiger partial charge in [-0.15, -0.1) is 0 Å². The van der Waals surface area contributed by atoms with Gasteiger partial charge in [0.15, 0.2) is 6.61 Å². The van der Waals surface area contributed by atoms with Crippen LogP contribution in [-0.2, 0) is 24.3 Å². The lowest BCUT2D eigenvalue weighted by Gasteiger charge is -2.14. The van der Waals surface area contributed by atoms with Gasteiger partial charge < -0.3 is 14.8 Å². The summed E-state index contributed by atoms with van der Waals surface area (Å²) in [6.45, 7) is 2.49. The molecule has 0 saturated carbocycles. The molecule has 0 aromatic heterocycles. The topological polar surface area (TPSA) is 111 Å². The number of ether oxygens (including phenoxy) is 2. The second-order valence-corrected chi connectivity index (χ2v) is 8.21. The van der Waals surface area contributed by atoms with Gasteiger partial charge in [0.05, 0.1) is 12.0 Å². The highest BCUT2D eigenvalue weighted by Crippen LogP contribution is 2.22. The molecule has 156 valence electrons. The van der Waals surface area contributed by atoms with Gasteiger partial charge in [0.2, 0.25) is 10.0 Å². The maximum atomic E-state index is 12.3. The van der Waals surface area contributed by atoms with E-state index in [-0.39, 0.29) is 4.90 Å². The second-order valence-electron chi connectivity index (χ2n) is 6.09. The number of halogens is 1. The summed E-state index contributed by atoms with van der Waals surface area (Å²) in [6.07, 6.45) is 0. The summed E-state index contributed by atoms with van der Waals surface area (Å²) < 4.78 is 36.8. The molecular weight excluding hydrogens is 420 g/mol. The minimum absolute atomic E-state index is 0.0351. The van der Waals surface area contributed by atoms with E-state index < -0.39 is 34.5 Å². The van der Waals surface area contributed by atoms with Crippen molar-refractivity contribution in [2.75, 3.05) is 19.0 Å². The Kier molecular flexibility index (Phi) is 7.60. The van der Waals surface area contributed by atoms with Crippen LogP contribution >= 0.6 is 11.6 Å². The Labute approximate surface area is 174 Å². The molecule has 0 spiro atoms. The van der Waals surface area contributed by atoms with Crippen LogP contribution in [0.25, 0.3) is 0 Å². The average Bonchev–Trinajstić information content (AvgIpc) is 2.69. The lowest BCUT2D eigenvalue weighted by molar-refractivity contribution is -0.148. The fourth-order valence-corrected chi connectivity index (χ4v) is 3.66. The van der Waals surface area contributed by atoms with Crippen molar-refractivity contribution in [1.82, 2.24) is 4.72 Å². The number of carbonyl (C=O) groups is 2. The van der Waals surface area contributed by atoms with E-state index in [1.807, 2.05) is 0 Å². The second kappa shape index (κ2) is 9.73. The number of esters is 1. The Balaban J connectivity index is 1.91. The van der Waals surface area contributed by atoms with Crippen molar-refractivity contribution >= 4 is 39.2 Å². The number of nitrogens with one attached hydrogen (secondary N) is 2. The molecule has 0 aliphatic heterocycles. The van der Waals surface area contributed by atoms with E-state index in [2.05, 4.69) is 10.0 Å². The largest absolute Gasteiger partial charge is 0.497 e. The van der Waals surface area contributed by atoms with Gasteiger partial charge in [-0.1, -0.05) is 17.7 Å². The minimum atomic E-state index is -3.95. The summed E-state index contributed by atoms with van der Waals surface area (Å²) in [7, 11) is -2.49. The third-order valence-electron chi connectivity index (χ3n) is 3.94. The predicted octanol–water partition coefficient (Wildman–Crippen LogP) is 2.51. The number of methoxy groups -OCH3 is 1. The van der Waals surface area contributed by atoms with E-state index in [0.29, 0.717) is 22.0 Å². The molecule has 1 amide bonds. The lowest BCUT2D eigenvalue weighted by Crippen LogP contribution is -2.40. The van der Waals surface area contributed by atoms with Crippen molar-refractivity contribution < 1.29 is 27.5 Å². The molecule has 0 aliphatic rings. The number of carbonyl (C=O) groups excluding carboxylic acids is 2. The van der Waals surface area contributed by atoms with E-state index in [1.54, 1.807) is 25.1 Å². The maximum absolute atomic E-state index is 12.3. The van der Waals surface area contributed by atoms with E-state index in [9.17, 15) is 18.0 Å². The molecule has 0 radical (unpaired) electrons. The Morgan fingerprint density at radius 3 is 2.41 bits per heavy atom. The van der Waals surface area contributed by atoms with Crippen LogP contribution in [0.15, 0.2) is 47.4 Å². The zero-order valence-corrected chi connectivity index (χ0v) is 17.6. The molecule has 0 aliphatic carbocycles. The number of rotatable bonds is 8. The number of amides is 1. The van der Waals surface area contributed by atoms with Crippen LogP contribution in [0.1, 0.15) is 12.5 Å². The van der Waals surface area contributed by atoms with Crippen LogP contribution in [0.3, 0.4) is 0 Å². The van der Waals surface area contributed by atoms with E-state index in [4.69, 9.17) is 21.1 Å². The molecule has 0 unspecified atom stereocenters. The number of anilines is 1. The first-order chi connectivity index (χ1) is 13.6. The smallest absolute Gasteiger partial charge is 0.324 e. The standard InChI is InChI=1S/C19H21ClN2O6S/c1-12-16(20)5-4-6-17(12)21-18(23)11-28-19(24)13(2)22-29(25,26)15-9-7-14(27-3)8-10-15/h4-10,13,22H,11H2,1-3H3,(H,21,23)/t13-/m0/s1. The van der Waals surface area contributed by atoms with Gasteiger partial charge in [0.25, 0.3) is 5.91 Å². The quantitative estimate of drug-likeness (QED) is 0.610. The number of hydrogen-bond acceptors (Lipinski definition) is 6. The highest BCUT2D eigenvalue weighted by Gasteiger charge is 2.24. The molecule has 29 heavy (non-hydrogen) atoms. The highest BCUT2D eigenvalue weighted by molar-refractivity contribution is 7.89. The van der Waals surface area contributed by atoms with Crippen molar-refractivity contribution in [2.24, 2.45) is 0 Å². The lowest BCUT2D eigenvalue weighted by atomic mass is 10.2. The monoisotopic (exact) mass is 440 g/mol. The van der Waals surface area contributed by atoms with Gasteiger partial charge in [-0.05, 0) is 55.8 Å². The summed E-state index contributed by atoms with van der Waals surface area (Å²) >= 11 is 5.99. The minimum Gasteiger partial charge on any atom is -0.497 e.